The number of nitrogens with zero attached hydrogens (tertiary/aromatic N) is 3. The molecule has 28 heavy (non-hydrogen) atoms. The van der Waals surface area contributed by atoms with Gasteiger partial charge in [-0.25, -0.2) is 4.39 Å². The SMILES string of the molecule is COc1cc([N+](=O)[O-])ccc1-n1ccccc1=O.O=[N+]([O-])c1ccc(F)cc1. The Labute approximate surface area is 157 Å². The van der Waals surface area contributed by atoms with Crippen LogP contribution in [0.15, 0.2) is 71.7 Å². The van der Waals surface area contributed by atoms with Gasteiger partial charge < -0.3 is 4.74 Å². The van der Waals surface area contributed by atoms with Crippen LogP contribution in [-0.2, 0) is 0 Å². The van der Waals surface area contributed by atoms with E-state index in [1.54, 1.807) is 18.3 Å². The third kappa shape index (κ3) is 4.97. The number of ether oxygens (including phenoxy) is 1. The van der Waals surface area contributed by atoms with Crippen molar-refractivity contribution in [3.63, 3.8) is 0 Å². The van der Waals surface area contributed by atoms with Gasteiger partial charge in [0.05, 0.1) is 28.7 Å². The van der Waals surface area contributed by atoms with Crippen LogP contribution in [0.3, 0.4) is 0 Å². The van der Waals surface area contributed by atoms with Gasteiger partial charge in [-0.1, -0.05) is 6.07 Å². The molecule has 3 rings (SSSR count). The van der Waals surface area contributed by atoms with Crippen LogP contribution in [0, 0.1) is 26.0 Å². The summed E-state index contributed by atoms with van der Waals surface area (Å²) in [6.07, 6.45) is 1.58. The minimum atomic E-state index is -0.570. The number of pyridine rings is 1. The highest BCUT2D eigenvalue weighted by molar-refractivity contribution is 5.53. The van der Waals surface area contributed by atoms with E-state index < -0.39 is 15.7 Å². The fourth-order valence-electron chi connectivity index (χ4n) is 2.17. The number of nitro benzene ring substituents is 2. The number of hydrogen-bond donors (Lipinski definition) is 0. The van der Waals surface area contributed by atoms with Gasteiger partial charge in [0.2, 0.25) is 0 Å². The van der Waals surface area contributed by atoms with Crippen molar-refractivity contribution in [1.29, 1.82) is 0 Å². The van der Waals surface area contributed by atoms with E-state index in [-0.39, 0.29) is 22.7 Å². The normalized spacial score (nSPS) is 9.79. The zero-order valence-corrected chi connectivity index (χ0v) is 14.5. The van der Waals surface area contributed by atoms with Crippen LogP contribution in [0.5, 0.6) is 5.75 Å². The highest BCUT2D eigenvalue weighted by Gasteiger charge is 2.12. The molecule has 10 heteroatoms. The van der Waals surface area contributed by atoms with E-state index in [2.05, 4.69) is 0 Å². The molecule has 1 aromatic heterocycles. The molecule has 0 saturated carbocycles. The molecule has 0 aliphatic heterocycles. The van der Waals surface area contributed by atoms with Crippen LogP contribution in [0.2, 0.25) is 0 Å². The molecule has 0 saturated heterocycles. The second-order valence-electron chi connectivity index (χ2n) is 5.26. The summed E-state index contributed by atoms with van der Waals surface area (Å²) in [5, 5.41) is 20.7. The van der Waals surface area contributed by atoms with Crippen LogP contribution in [0.4, 0.5) is 15.8 Å². The quantitative estimate of drug-likeness (QED) is 0.499. The zero-order valence-electron chi connectivity index (χ0n) is 14.5. The lowest BCUT2D eigenvalue weighted by Gasteiger charge is -2.09. The molecule has 0 N–H and O–H groups in total. The van der Waals surface area contributed by atoms with E-state index in [1.807, 2.05) is 0 Å². The maximum atomic E-state index is 12.1. The second kappa shape index (κ2) is 9.03. The molecule has 3 aromatic rings. The number of benzene rings is 2. The fraction of sp³-hybridized carbons (Fsp3) is 0.0556. The van der Waals surface area contributed by atoms with Gasteiger partial charge >= 0.3 is 0 Å². The Morgan fingerprint density at radius 2 is 1.54 bits per heavy atom. The monoisotopic (exact) mass is 387 g/mol. The number of rotatable bonds is 4. The molecular weight excluding hydrogens is 373 g/mol. The molecule has 0 atom stereocenters. The van der Waals surface area contributed by atoms with E-state index >= 15 is 0 Å². The molecule has 0 aliphatic carbocycles. The Bertz CT molecular complexity index is 1050. The summed E-state index contributed by atoms with van der Waals surface area (Å²) in [7, 11) is 1.40. The van der Waals surface area contributed by atoms with Crippen molar-refractivity contribution >= 4 is 11.4 Å². The van der Waals surface area contributed by atoms with E-state index in [0.29, 0.717) is 5.69 Å². The number of methoxy groups -OCH3 is 1. The first-order valence-electron chi connectivity index (χ1n) is 7.74. The second-order valence-corrected chi connectivity index (χ2v) is 5.26. The maximum Gasteiger partial charge on any atom is 0.273 e. The molecule has 144 valence electrons. The topological polar surface area (TPSA) is 118 Å². The third-order valence-corrected chi connectivity index (χ3v) is 3.49. The number of aromatic nitrogens is 1. The van der Waals surface area contributed by atoms with Crippen molar-refractivity contribution in [1.82, 2.24) is 4.57 Å². The van der Waals surface area contributed by atoms with Crippen molar-refractivity contribution in [3.8, 4) is 11.4 Å². The first-order valence-corrected chi connectivity index (χ1v) is 7.74. The fourth-order valence-corrected chi connectivity index (χ4v) is 2.17. The highest BCUT2D eigenvalue weighted by Crippen LogP contribution is 2.26. The standard InChI is InChI=1S/C12H10N2O4.C6H4FNO2/c1-18-11-8-9(14(16)17)5-6-10(11)13-7-3-2-4-12(13)15;7-5-1-3-6(4-2-5)8(9)10/h2-8H,1H3;1-4H. The zero-order chi connectivity index (χ0) is 20.7. The van der Waals surface area contributed by atoms with E-state index in [1.165, 1.54) is 35.9 Å². The summed E-state index contributed by atoms with van der Waals surface area (Å²) in [5.74, 6) is -0.192. The Morgan fingerprint density at radius 3 is 2.07 bits per heavy atom. The van der Waals surface area contributed by atoms with Crippen LogP contribution >= 0.6 is 0 Å². The summed E-state index contributed by atoms with van der Waals surface area (Å²) in [4.78, 5) is 31.3. The van der Waals surface area contributed by atoms with E-state index in [0.717, 1.165) is 24.3 Å². The Kier molecular flexibility index (Phi) is 6.53. The Morgan fingerprint density at radius 1 is 0.929 bits per heavy atom. The van der Waals surface area contributed by atoms with Gasteiger partial charge in [-0.2, -0.15) is 0 Å². The highest BCUT2D eigenvalue weighted by atomic mass is 19.1. The van der Waals surface area contributed by atoms with Gasteiger partial charge in [0.15, 0.2) is 0 Å². The largest absolute Gasteiger partial charge is 0.494 e. The van der Waals surface area contributed by atoms with Crippen molar-refractivity contribution in [2.45, 2.75) is 0 Å². The maximum absolute atomic E-state index is 12.1. The number of hydrogen-bond acceptors (Lipinski definition) is 6. The summed E-state index contributed by atoms with van der Waals surface area (Å²) in [6, 6.07) is 13.2. The van der Waals surface area contributed by atoms with Gasteiger partial charge in [-0.05, 0) is 24.3 Å². The summed E-state index contributed by atoms with van der Waals surface area (Å²) in [5.41, 5.74) is 0.0549. The molecule has 0 fully saturated rings. The third-order valence-electron chi connectivity index (χ3n) is 3.49. The molecule has 0 bridgehead atoms. The van der Waals surface area contributed by atoms with Crippen LogP contribution in [0.1, 0.15) is 0 Å². The minimum absolute atomic E-state index is 0.0837. The molecule has 1 heterocycles. The Balaban J connectivity index is 0.000000237. The van der Waals surface area contributed by atoms with E-state index in [9.17, 15) is 29.4 Å². The number of nitro groups is 2. The van der Waals surface area contributed by atoms with Crippen LogP contribution < -0.4 is 10.3 Å². The molecule has 2 aromatic carbocycles. The molecule has 0 spiro atoms. The first-order chi connectivity index (χ1) is 13.3. The Hall–Kier alpha value is -4.08. The average Bonchev–Trinajstić information content (AvgIpc) is 2.68. The lowest BCUT2D eigenvalue weighted by atomic mass is 10.2. The molecule has 0 radical (unpaired) electrons. The van der Waals surface area contributed by atoms with Crippen LogP contribution in [-0.4, -0.2) is 21.5 Å². The van der Waals surface area contributed by atoms with Crippen molar-refractivity contribution in [2.24, 2.45) is 0 Å². The molecule has 9 nitrogen and oxygen atoms in total. The van der Waals surface area contributed by atoms with Crippen molar-refractivity contribution in [2.75, 3.05) is 7.11 Å². The smallest absolute Gasteiger partial charge is 0.273 e. The molecule has 0 aliphatic rings. The van der Waals surface area contributed by atoms with Gasteiger partial charge in [0, 0.05) is 30.5 Å². The molecular formula is C18H14FN3O6. The van der Waals surface area contributed by atoms with E-state index in [4.69, 9.17) is 4.74 Å². The predicted molar refractivity (Wildman–Crippen MR) is 98.3 cm³/mol. The van der Waals surface area contributed by atoms with Crippen molar-refractivity contribution in [3.05, 3.63) is 103 Å². The summed E-state index contributed by atoms with van der Waals surface area (Å²) < 4.78 is 18.6. The van der Waals surface area contributed by atoms with Gasteiger partial charge in [-0.3, -0.25) is 29.6 Å². The lowest BCUT2D eigenvalue weighted by molar-refractivity contribution is -0.385. The van der Waals surface area contributed by atoms with Crippen LogP contribution in [0.25, 0.3) is 5.69 Å². The van der Waals surface area contributed by atoms with Crippen molar-refractivity contribution < 1.29 is 19.0 Å². The summed E-state index contributed by atoms with van der Waals surface area (Å²) in [6.45, 7) is 0. The lowest BCUT2D eigenvalue weighted by Crippen LogP contribution is -2.16. The molecule has 0 unspecified atom stereocenters. The summed E-state index contributed by atoms with van der Waals surface area (Å²) >= 11 is 0. The van der Waals surface area contributed by atoms with Gasteiger partial charge in [0.1, 0.15) is 11.6 Å². The number of halogens is 1. The van der Waals surface area contributed by atoms with Gasteiger partial charge in [-0.15, -0.1) is 0 Å². The number of non-ortho nitro benzene ring substituents is 2. The minimum Gasteiger partial charge on any atom is -0.494 e. The average molecular weight is 387 g/mol. The van der Waals surface area contributed by atoms with Gasteiger partial charge in [0.25, 0.3) is 16.9 Å². The molecule has 0 amide bonds. The first kappa shape index (κ1) is 20.2. The predicted octanol–water partition coefficient (Wildman–Crippen LogP) is 3.49.